The number of carbonyl (C=O) groups excluding carboxylic acids is 2. The third-order valence-electron chi connectivity index (χ3n) is 3.82. The summed E-state index contributed by atoms with van der Waals surface area (Å²) in [5.41, 5.74) is -0.759. The summed E-state index contributed by atoms with van der Waals surface area (Å²) in [5.74, 6) is 0.00552. The predicted molar refractivity (Wildman–Crippen MR) is 79.9 cm³/mol. The number of piperazine rings is 1. The molecule has 19 heavy (non-hydrogen) atoms. The smallest absolute Gasteiger partial charge is 0.249 e. The standard InChI is InChI=1S/C14H23BrN2O2/c1-6-14(7-2)13(19)17(8-10(5)15)11(9(3)4)12(18)16-14/h9,11H,5-8H2,1-4H3,(H,16,18). The molecular formula is C14H23BrN2O2. The molecule has 108 valence electrons. The van der Waals surface area contributed by atoms with Crippen molar-refractivity contribution in [2.45, 2.75) is 52.1 Å². The highest BCUT2D eigenvalue weighted by molar-refractivity contribution is 9.11. The summed E-state index contributed by atoms with van der Waals surface area (Å²) in [4.78, 5) is 26.8. The third kappa shape index (κ3) is 3.02. The molecule has 1 N–H and O–H groups in total. The van der Waals surface area contributed by atoms with Gasteiger partial charge < -0.3 is 10.2 Å². The minimum absolute atomic E-state index is 0.00333. The van der Waals surface area contributed by atoms with Gasteiger partial charge in [0, 0.05) is 4.48 Å². The fourth-order valence-corrected chi connectivity index (χ4v) is 2.92. The second-order valence-electron chi connectivity index (χ2n) is 5.42. The van der Waals surface area contributed by atoms with Gasteiger partial charge in [-0.15, -0.1) is 0 Å². The Labute approximate surface area is 123 Å². The largest absolute Gasteiger partial charge is 0.340 e. The maximum Gasteiger partial charge on any atom is 0.249 e. The molecule has 1 heterocycles. The topological polar surface area (TPSA) is 49.4 Å². The van der Waals surface area contributed by atoms with Crippen LogP contribution in [0.5, 0.6) is 0 Å². The van der Waals surface area contributed by atoms with E-state index in [4.69, 9.17) is 0 Å². The zero-order valence-corrected chi connectivity index (χ0v) is 13.7. The lowest BCUT2D eigenvalue weighted by molar-refractivity contribution is -0.156. The van der Waals surface area contributed by atoms with E-state index in [0.717, 1.165) is 0 Å². The van der Waals surface area contributed by atoms with Crippen molar-refractivity contribution in [2.24, 2.45) is 5.92 Å². The maximum atomic E-state index is 12.8. The number of carbonyl (C=O) groups is 2. The first kappa shape index (κ1) is 16.2. The van der Waals surface area contributed by atoms with E-state index in [0.29, 0.717) is 23.9 Å². The number of nitrogens with one attached hydrogen (secondary N) is 1. The molecule has 0 aliphatic carbocycles. The summed E-state index contributed by atoms with van der Waals surface area (Å²) in [5, 5.41) is 2.94. The molecule has 0 aromatic carbocycles. The Morgan fingerprint density at radius 3 is 2.32 bits per heavy atom. The van der Waals surface area contributed by atoms with E-state index in [1.165, 1.54) is 0 Å². The van der Waals surface area contributed by atoms with Crippen LogP contribution in [-0.2, 0) is 9.59 Å². The van der Waals surface area contributed by atoms with E-state index in [-0.39, 0.29) is 17.7 Å². The SMILES string of the molecule is C=C(Br)CN1C(=O)C(CC)(CC)NC(=O)C1C(C)C. The number of hydrogen-bond acceptors (Lipinski definition) is 2. The fraction of sp³-hybridized carbons (Fsp3) is 0.714. The molecule has 1 aliphatic heterocycles. The van der Waals surface area contributed by atoms with Crippen molar-refractivity contribution in [3.63, 3.8) is 0 Å². The van der Waals surface area contributed by atoms with Gasteiger partial charge in [-0.1, -0.05) is 50.2 Å². The van der Waals surface area contributed by atoms with E-state index in [9.17, 15) is 9.59 Å². The fourth-order valence-electron chi connectivity index (χ4n) is 2.65. The molecular weight excluding hydrogens is 308 g/mol. The van der Waals surface area contributed by atoms with Gasteiger partial charge >= 0.3 is 0 Å². The van der Waals surface area contributed by atoms with Gasteiger partial charge in [0.15, 0.2) is 0 Å². The number of halogens is 1. The Morgan fingerprint density at radius 2 is 1.95 bits per heavy atom. The lowest BCUT2D eigenvalue weighted by atomic mass is 9.85. The van der Waals surface area contributed by atoms with Crippen LogP contribution in [0.2, 0.25) is 0 Å². The summed E-state index contributed by atoms with van der Waals surface area (Å²) >= 11 is 3.30. The minimum atomic E-state index is -0.759. The van der Waals surface area contributed by atoms with E-state index in [1.54, 1.807) is 4.90 Å². The van der Waals surface area contributed by atoms with Gasteiger partial charge in [-0.05, 0) is 18.8 Å². The van der Waals surface area contributed by atoms with Gasteiger partial charge in [0.05, 0.1) is 6.54 Å². The molecule has 0 radical (unpaired) electrons. The zero-order valence-electron chi connectivity index (χ0n) is 12.1. The number of rotatable bonds is 5. The number of amides is 2. The van der Waals surface area contributed by atoms with Crippen molar-refractivity contribution in [3.05, 3.63) is 11.1 Å². The Bertz CT molecular complexity index is 389. The normalized spacial score (nSPS) is 22.6. The third-order valence-corrected chi connectivity index (χ3v) is 4.07. The summed E-state index contributed by atoms with van der Waals surface area (Å²) in [6.07, 6.45) is 1.20. The Balaban J connectivity index is 3.18. The van der Waals surface area contributed by atoms with Crippen molar-refractivity contribution in [3.8, 4) is 0 Å². The first-order valence-electron chi connectivity index (χ1n) is 6.75. The minimum Gasteiger partial charge on any atom is -0.340 e. The van der Waals surface area contributed by atoms with Crippen LogP contribution in [0, 0.1) is 5.92 Å². The van der Waals surface area contributed by atoms with Gasteiger partial charge in [-0.3, -0.25) is 9.59 Å². The average molecular weight is 331 g/mol. The molecule has 1 rings (SSSR count). The van der Waals surface area contributed by atoms with Crippen molar-refractivity contribution < 1.29 is 9.59 Å². The number of hydrogen-bond donors (Lipinski definition) is 1. The Kier molecular flexibility index (Phi) is 5.18. The van der Waals surface area contributed by atoms with Crippen molar-refractivity contribution in [1.82, 2.24) is 10.2 Å². The van der Waals surface area contributed by atoms with Crippen LogP contribution >= 0.6 is 15.9 Å². The highest BCUT2D eigenvalue weighted by atomic mass is 79.9. The van der Waals surface area contributed by atoms with Crippen LogP contribution in [0.1, 0.15) is 40.5 Å². The molecule has 1 fully saturated rings. The summed E-state index contributed by atoms with van der Waals surface area (Å²) < 4.78 is 0.710. The van der Waals surface area contributed by atoms with Crippen LogP contribution in [0.25, 0.3) is 0 Å². The number of nitrogens with zero attached hydrogens (tertiary/aromatic N) is 1. The molecule has 0 saturated carbocycles. The van der Waals surface area contributed by atoms with Gasteiger partial charge in [0.25, 0.3) is 0 Å². The lowest BCUT2D eigenvalue weighted by Crippen LogP contribution is -2.71. The van der Waals surface area contributed by atoms with Crippen molar-refractivity contribution in [2.75, 3.05) is 6.54 Å². The first-order chi connectivity index (χ1) is 8.79. The Hall–Kier alpha value is -0.840. The van der Waals surface area contributed by atoms with Gasteiger partial charge in [-0.2, -0.15) is 0 Å². The molecule has 4 nitrogen and oxygen atoms in total. The van der Waals surface area contributed by atoms with E-state index in [1.807, 2.05) is 27.7 Å². The molecule has 0 bridgehead atoms. The van der Waals surface area contributed by atoms with Crippen LogP contribution in [0.4, 0.5) is 0 Å². The maximum absolute atomic E-state index is 12.8. The van der Waals surface area contributed by atoms with Crippen LogP contribution in [0.3, 0.4) is 0 Å². The van der Waals surface area contributed by atoms with E-state index >= 15 is 0 Å². The van der Waals surface area contributed by atoms with Gasteiger partial charge in [-0.25, -0.2) is 0 Å². The molecule has 1 unspecified atom stereocenters. The highest BCUT2D eigenvalue weighted by Crippen LogP contribution is 2.28. The van der Waals surface area contributed by atoms with E-state index < -0.39 is 11.6 Å². The molecule has 5 heteroatoms. The quantitative estimate of drug-likeness (QED) is 0.841. The molecule has 1 atom stereocenters. The van der Waals surface area contributed by atoms with Gasteiger partial charge in [0.1, 0.15) is 11.6 Å². The summed E-state index contributed by atoms with van der Waals surface area (Å²) in [6.45, 7) is 11.9. The van der Waals surface area contributed by atoms with Crippen LogP contribution in [0.15, 0.2) is 11.1 Å². The molecule has 0 aromatic rings. The van der Waals surface area contributed by atoms with Crippen molar-refractivity contribution in [1.29, 1.82) is 0 Å². The summed E-state index contributed by atoms with van der Waals surface area (Å²) in [6, 6.07) is -0.423. The summed E-state index contributed by atoms with van der Waals surface area (Å²) in [7, 11) is 0. The van der Waals surface area contributed by atoms with Gasteiger partial charge in [0.2, 0.25) is 11.8 Å². The lowest BCUT2D eigenvalue weighted by Gasteiger charge is -2.46. The second-order valence-corrected chi connectivity index (χ2v) is 6.54. The van der Waals surface area contributed by atoms with Crippen LogP contribution < -0.4 is 5.32 Å². The molecule has 0 aromatic heterocycles. The Morgan fingerprint density at radius 1 is 1.42 bits per heavy atom. The highest BCUT2D eigenvalue weighted by Gasteiger charge is 2.49. The van der Waals surface area contributed by atoms with E-state index in [2.05, 4.69) is 27.8 Å². The van der Waals surface area contributed by atoms with Crippen molar-refractivity contribution >= 4 is 27.7 Å². The average Bonchev–Trinajstić information content (AvgIpc) is 2.32. The molecule has 1 aliphatic rings. The monoisotopic (exact) mass is 330 g/mol. The zero-order chi connectivity index (χ0) is 14.8. The molecule has 2 amide bonds. The molecule has 0 spiro atoms. The first-order valence-corrected chi connectivity index (χ1v) is 7.54. The second kappa shape index (κ2) is 6.07. The predicted octanol–water partition coefficient (Wildman–Crippen LogP) is 2.44. The van der Waals surface area contributed by atoms with Crippen LogP contribution in [-0.4, -0.2) is 34.8 Å². The molecule has 1 saturated heterocycles.